The molecule has 4 nitrogen and oxygen atoms in total. The number of pyridine rings is 1. The molecule has 1 N–H and O–H groups in total. The van der Waals surface area contributed by atoms with Gasteiger partial charge < -0.3 is 14.6 Å². The van der Waals surface area contributed by atoms with Crippen molar-refractivity contribution in [1.29, 1.82) is 0 Å². The van der Waals surface area contributed by atoms with E-state index in [2.05, 4.69) is 5.32 Å². The second-order valence-electron chi connectivity index (χ2n) is 4.58. The predicted molar refractivity (Wildman–Crippen MR) is 67.2 cm³/mol. The second-order valence-corrected chi connectivity index (χ2v) is 4.58. The van der Waals surface area contributed by atoms with Crippen LogP contribution in [0.25, 0.3) is 0 Å². The third-order valence-corrected chi connectivity index (χ3v) is 3.25. The number of ether oxygens (including phenoxy) is 1. The summed E-state index contributed by atoms with van der Waals surface area (Å²) in [6.07, 6.45) is 2.37. The molecule has 0 radical (unpaired) electrons. The van der Waals surface area contributed by atoms with Crippen LogP contribution < -0.4 is 10.9 Å². The standard InChI is InChI=1S/C13H20N2O2/c1-10-5-6-11(8-14-2)13(16)15(10)9-12-4-3-7-17-12/h5-6,12,14H,3-4,7-9H2,1-2H3. The monoisotopic (exact) mass is 236 g/mol. The molecule has 1 aliphatic rings. The topological polar surface area (TPSA) is 43.3 Å². The maximum Gasteiger partial charge on any atom is 0.255 e. The van der Waals surface area contributed by atoms with Crippen LogP contribution in [-0.2, 0) is 17.8 Å². The molecule has 2 rings (SSSR count). The molecule has 4 heteroatoms. The van der Waals surface area contributed by atoms with Crippen LogP contribution in [0.3, 0.4) is 0 Å². The van der Waals surface area contributed by atoms with Gasteiger partial charge in [0.15, 0.2) is 0 Å². The molecule has 1 unspecified atom stereocenters. The fourth-order valence-corrected chi connectivity index (χ4v) is 2.26. The Bertz CT molecular complexity index is 434. The molecule has 94 valence electrons. The van der Waals surface area contributed by atoms with E-state index in [1.54, 1.807) is 0 Å². The quantitative estimate of drug-likeness (QED) is 0.850. The summed E-state index contributed by atoms with van der Waals surface area (Å²) in [5.74, 6) is 0. The van der Waals surface area contributed by atoms with Crippen LogP contribution in [0.15, 0.2) is 16.9 Å². The molecule has 1 aromatic rings. The first-order valence-electron chi connectivity index (χ1n) is 6.18. The van der Waals surface area contributed by atoms with Crippen LogP contribution in [0, 0.1) is 6.92 Å². The minimum absolute atomic E-state index is 0.106. The summed E-state index contributed by atoms with van der Waals surface area (Å²) in [6.45, 7) is 4.10. The molecule has 1 aliphatic heterocycles. The highest BCUT2D eigenvalue weighted by Gasteiger charge is 2.17. The normalized spacial score (nSPS) is 19.8. The van der Waals surface area contributed by atoms with Gasteiger partial charge in [0.1, 0.15) is 0 Å². The predicted octanol–water partition coefficient (Wildman–Crippen LogP) is 1.06. The Morgan fingerprint density at radius 1 is 1.53 bits per heavy atom. The van der Waals surface area contributed by atoms with Gasteiger partial charge in [0.2, 0.25) is 0 Å². The number of hydrogen-bond acceptors (Lipinski definition) is 3. The molecule has 0 amide bonds. The maximum atomic E-state index is 12.2. The lowest BCUT2D eigenvalue weighted by atomic mass is 10.2. The Labute approximate surface area is 102 Å². The Hall–Kier alpha value is -1.13. The van der Waals surface area contributed by atoms with Gasteiger partial charge in [0.25, 0.3) is 5.56 Å². The third-order valence-electron chi connectivity index (χ3n) is 3.25. The zero-order valence-corrected chi connectivity index (χ0v) is 10.5. The third kappa shape index (κ3) is 2.76. The minimum Gasteiger partial charge on any atom is -0.376 e. The van der Waals surface area contributed by atoms with E-state index in [9.17, 15) is 4.79 Å². The molecule has 0 aliphatic carbocycles. The van der Waals surface area contributed by atoms with Crippen molar-refractivity contribution in [2.24, 2.45) is 0 Å². The van der Waals surface area contributed by atoms with Crippen LogP contribution in [-0.4, -0.2) is 24.3 Å². The van der Waals surface area contributed by atoms with Crippen molar-refractivity contribution >= 4 is 0 Å². The summed E-state index contributed by atoms with van der Waals surface area (Å²) < 4.78 is 7.43. The molecule has 0 bridgehead atoms. The van der Waals surface area contributed by atoms with Crippen molar-refractivity contribution in [1.82, 2.24) is 9.88 Å². The van der Waals surface area contributed by atoms with E-state index in [1.165, 1.54) is 0 Å². The molecule has 1 aromatic heterocycles. The van der Waals surface area contributed by atoms with Crippen molar-refractivity contribution < 1.29 is 4.74 Å². The van der Waals surface area contributed by atoms with E-state index in [-0.39, 0.29) is 11.7 Å². The summed E-state index contributed by atoms with van der Waals surface area (Å²) in [7, 11) is 1.85. The first-order valence-corrected chi connectivity index (χ1v) is 6.18. The Morgan fingerprint density at radius 3 is 3.00 bits per heavy atom. The van der Waals surface area contributed by atoms with Gasteiger partial charge in [0.05, 0.1) is 12.6 Å². The number of aromatic nitrogens is 1. The van der Waals surface area contributed by atoms with E-state index in [4.69, 9.17) is 4.74 Å². The maximum absolute atomic E-state index is 12.2. The highest BCUT2D eigenvalue weighted by molar-refractivity contribution is 5.15. The van der Waals surface area contributed by atoms with E-state index >= 15 is 0 Å². The largest absolute Gasteiger partial charge is 0.376 e. The molecule has 0 aromatic carbocycles. The lowest BCUT2D eigenvalue weighted by Crippen LogP contribution is -2.31. The van der Waals surface area contributed by atoms with Crippen molar-refractivity contribution in [3.8, 4) is 0 Å². The zero-order chi connectivity index (χ0) is 12.3. The van der Waals surface area contributed by atoms with E-state index in [0.29, 0.717) is 13.1 Å². The molecule has 0 saturated carbocycles. The number of nitrogens with one attached hydrogen (secondary N) is 1. The van der Waals surface area contributed by atoms with Crippen molar-refractivity contribution in [3.63, 3.8) is 0 Å². The van der Waals surface area contributed by atoms with Crippen LogP contribution in [0.5, 0.6) is 0 Å². The van der Waals surface area contributed by atoms with Gasteiger partial charge in [-0.05, 0) is 32.9 Å². The van der Waals surface area contributed by atoms with Gasteiger partial charge in [-0.3, -0.25) is 4.79 Å². The second kappa shape index (κ2) is 5.47. The highest BCUT2D eigenvalue weighted by atomic mass is 16.5. The number of nitrogens with zero attached hydrogens (tertiary/aromatic N) is 1. The number of aryl methyl sites for hydroxylation is 1. The first kappa shape index (κ1) is 12.3. The summed E-state index contributed by atoms with van der Waals surface area (Å²) in [4.78, 5) is 12.2. The fraction of sp³-hybridized carbons (Fsp3) is 0.615. The fourth-order valence-electron chi connectivity index (χ4n) is 2.26. The van der Waals surface area contributed by atoms with Gasteiger partial charge in [-0.2, -0.15) is 0 Å². The molecule has 17 heavy (non-hydrogen) atoms. The van der Waals surface area contributed by atoms with Crippen molar-refractivity contribution in [2.45, 2.75) is 39.0 Å². The Kier molecular flexibility index (Phi) is 3.97. The highest BCUT2D eigenvalue weighted by Crippen LogP contribution is 2.14. The molecule has 1 saturated heterocycles. The van der Waals surface area contributed by atoms with Gasteiger partial charge >= 0.3 is 0 Å². The molecular weight excluding hydrogens is 216 g/mol. The van der Waals surface area contributed by atoms with E-state index < -0.39 is 0 Å². The van der Waals surface area contributed by atoms with Gasteiger partial charge in [-0.15, -0.1) is 0 Å². The molecule has 0 spiro atoms. The SMILES string of the molecule is CNCc1ccc(C)n(CC2CCCO2)c1=O. The van der Waals surface area contributed by atoms with Crippen LogP contribution >= 0.6 is 0 Å². The Balaban J connectivity index is 2.24. The van der Waals surface area contributed by atoms with Crippen LogP contribution in [0.1, 0.15) is 24.1 Å². The molecule has 1 atom stereocenters. The average molecular weight is 236 g/mol. The number of rotatable bonds is 4. The lowest BCUT2D eigenvalue weighted by Gasteiger charge is -2.15. The first-order chi connectivity index (χ1) is 8.22. The van der Waals surface area contributed by atoms with E-state index in [1.807, 2.05) is 30.7 Å². The Morgan fingerprint density at radius 2 is 2.35 bits per heavy atom. The zero-order valence-electron chi connectivity index (χ0n) is 10.5. The summed E-state index contributed by atoms with van der Waals surface area (Å²) in [6, 6.07) is 3.91. The van der Waals surface area contributed by atoms with Crippen LogP contribution in [0.2, 0.25) is 0 Å². The average Bonchev–Trinajstić information content (AvgIpc) is 2.81. The van der Waals surface area contributed by atoms with E-state index in [0.717, 1.165) is 30.7 Å². The van der Waals surface area contributed by atoms with Crippen LogP contribution in [0.4, 0.5) is 0 Å². The lowest BCUT2D eigenvalue weighted by molar-refractivity contribution is 0.0956. The molecule has 1 fully saturated rings. The smallest absolute Gasteiger partial charge is 0.255 e. The summed E-state index contributed by atoms with van der Waals surface area (Å²) in [5, 5.41) is 3.02. The van der Waals surface area contributed by atoms with Crippen molar-refractivity contribution in [2.75, 3.05) is 13.7 Å². The van der Waals surface area contributed by atoms with Gasteiger partial charge in [-0.25, -0.2) is 0 Å². The minimum atomic E-state index is 0.106. The van der Waals surface area contributed by atoms with Crippen molar-refractivity contribution in [3.05, 3.63) is 33.7 Å². The summed E-state index contributed by atoms with van der Waals surface area (Å²) >= 11 is 0. The van der Waals surface area contributed by atoms with Gasteiger partial charge in [0, 0.05) is 24.4 Å². The summed E-state index contributed by atoms with van der Waals surface area (Å²) in [5.41, 5.74) is 1.93. The number of hydrogen-bond donors (Lipinski definition) is 1. The molecule has 2 heterocycles. The van der Waals surface area contributed by atoms with Gasteiger partial charge in [-0.1, -0.05) is 6.07 Å². The molecular formula is C13H20N2O2.